The highest BCUT2D eigenvalue weighted by atomic mass is 35.5. The molecule has 0 unspecified atom stereocenters. The van der Waals surface area contributed by atoms with Gasteiger partial charge in [-0.2, -0.15) is 0 Å². The van der Waals surface area contributed by atoms with Crippen molar-refractivity contribution in [3.63, 3.8) is 0 Å². The summed E-state index contributed by atoms with van der Waals surface area (Å²) in [5.41, 5.74) is 2.89. The number of benzene rings is 2. The normalized spacial score (nSPS) is 14.3. The summed E-state index contributed by atoms with van der Waals surface area (Å²) in [5, 5.41) is 10.2. The van der Waals surface area contributed by atoms with Crippen molar-refractivity contribution in [1.82, 2.24) is 10.6 Å². The Balaban J connectivity index is 1.57. The van der Waals surface area contributed by atoms with Gasteiger partial charge in [-0.1, -0.05) is 29.3 Å². The molecule has 1 amide bonds. The number of aryl methyl sites for hydroxylation is 1. The van der Waals surface area contributed by atoms with E-state index in [0.717, 1.165) is 36.4 Å². The van der Waals surface area contributed by atoms with Crippen LogP contribution in [-0.4, -0.2) is 38.8 Å². The third kappa shape index (κ3) is 7.42. The monoisotopic (exact) mass is 445 g/mol. The predicted molar refractivity (Wildman–Crippen MR) is 125 cm³/mol. The van der Waals surface area contributed by atoms with Crippen LogP contribution in [0.25, 0.3) is 0 Å². The highest BCUT2D eigenvalue weighted by Crippen LogP contribution is 2.36. The van der Waals surface area contributed by atoms with Crippen LogP contribution in [0, 0.1) is 12.8 Å². The highest BCUT2D eigenvalue weighted by molar-refractivity contribution is 6.32. The molecule has 1 fully saturated rings. The zero-order chi connectivity index (χ0) is 22.1. The zero-order valence-electron chi connectivity index (χ0n) is 18.3. The maximum atomic E-state index is 12.3. The van der Waals surface area contributed by atoms with Gasteiger partial charge in [-0.3, -0.25) is 4.79 Å². The van der Waals surface area contributed by atoms with E-state index in [1.807, 2.05) is 50.2 Å². The third-order valence-electron chi connectivity index (χ3n) is 5.27. The van der Waals surface area contributed by atoms with Crippen molar-refractivity contribution in [1.29, 1.82) is 0 Å². The molecular formula is C24H32ClN3O3. The molecule has 0 bridgehead atoms. The van der Waals surface area contributed by atoms with Gasteiger partial charge in [-0.25, -0.2) is 0 Å². The number of nitrogens with one attached hydrogen (secondary N) is 3. The molecule has 168 valence electrons. The first kappa shape index (κ1) is 23.4. The van der Waals surface area contributed by atoms with Gasteiger partial charge < -0.3 is 25.4 Å². The van der Waals surface area contributed by atoms with E-state index in [1.54, 1.807) is 0 Å². The Labute approximate surface area is 189 Å². The van der Waals surface area contributed by atoms with Crippen LogP contribution >= 0.6 is 11.6 Å². The quantitative estimate of drug-likeness (QED) is 0.512. The summed E-state index contributed by atoms with van der Waals surface area (Å²) in [5.74, 6) is 1.40. The van der Waals surface area contributed by atoms with Gasteiger partial charge in [0.25, 0.3) is 5.91 Å². The molecule has 0 radical (unpaired) electrons. The Morgan fingerprint density at radius 3 is 2.61 bits per heavy atom. The number of ether oxygens (including phenoxy) is 2. The van der Waals surface area contributed by atoms with Crippen LogP contribution in [0.15, 0.2) is 36.4 Å². The van der Waals surface area contributed by atoms with Crippen LogP contribution in [0.3, 0.4) is 0 Å². The molecule has 3 rings (SSSR count). The number of rotatable bonds is 10. The predicted octanol–water partition coefficient (Wildman–Crippen LogP) is 4.15. The summed E-state index contributed by atoms with van der Waals surface area (Å²) < 4.78 is 11.5. The minimum absolute atomic E-state index is 0.152. The average molecular weight is 446 g/mol. The summed E-state index contributed by atoms with van der Waals surface area (Å²) in [4.78, 5) is 12.3. The van der Waals surface area contributed by atoms with Crippen LogP contribution < -0.4 is 25.4 Å². The van der Waals surface area contributed by atoms with Gasteiger partial charge in [0.1, 0.15) is 0 Å². The summed E-state index contributed by atoms with van der Waals surface area (Å²) >= 11 is 6.49. The molecule has 1 saturated heterocycles. The molecule has 3 N–H and O–H groups in total. The van der Waals surface area contributed by atoms with Crippen molar-refractivity contribution >= 4 is 23.2 Å². The van der Waals surface area contributed by atoms with Gasteiger partial charge in [0, 0.05) is 12.2 Å². The number of halogens is 1. The fraction of sp³-hybridized carbons (Fsp3) is 0.458. The number of anilines is 1. The van der Waals surface area contributed by atoms with Gasteiger partial charge in [0.2, 0.25) is 0 Å². The van der Waals surface area contributed by atoms with Crippen molar-refractivity contribution in [2.24, 2.45) is 5.92 Å². The summed E-state index contributed by atoms with van der Waals surface area (Å²) in [6.07, 6.45) is 2.41. The van der Waals surface area contributed by atoms with E-state index in [2.05, 4.69) is 16.0 Å². The van der Waals surface area contributed by atoms with Crippen molar-refractivity contribution < 1.29 is 14.3 Å². The van der Waals surface area contributed by atoms with E-state index < -0.39 is 0 Å². The molecule has 1 heterocycles. The lowest BCUT2D eigenvalue weighted by atomic mass is 9.98. The molecule has 1 aliphatic rings. The number of amides is 1. The Hall–Kier alpha value is -2.28. The topological polar surface area (TPSA) is 71.6 Å². The zero-order valence-corrected chi connectivity index (χ0v) is 19.1. The molecule has 0 saturated carbocycles. The Morgan fingerprint density at radius 1 is 1.16 bits per heavy atom. The summed E-state index contributed by atoms with van der Waals surface area (Å²) in [6, 6.07) is 11.4. The third-order valence-corrected chi connectivity index (χ3v) is 5.55. The van der Waals surface area contributed by atoms with Crippen molar-refractivity contribution in [2.75, 3.05) is 38.2 Å². The minimum Gasteiger partial charge on any atom is -0.490 e. The number of carbonyl (C=O) groups excluding carboxylic acids is 1. The standard InChI is InChI=1S/C24H32ClN3O3/c1-3-30-22-13-19(15-27-14-18-8-10-26-11-9-18)12-21(25)24(22)31-16-23(29)28-20-6-4-17(2)5-7-20/h4-7,12-13,18,26-27H,3,8-11,14-16H2,1-2H3,(H,28,29). The number of hydrogen-bond donors (Lipinski definition) is 3. The fourth-order valence-corrected chi connectivity index (χ4v) is 3.89. The molecular weight excluding hydrogens is 414 g/mol. The molecule has 31 heavy (non-hydrogen) atoms. The van der Waals surface area contributed by atoms with Crippen LogP contribution in [0.5, 0.6) is 11.5 Å². The van der Waals surface area contributed by atoms with Gasteiger partial charge in [-0.05, 0) is 82.1 Å². The first-order valence-corrected chi connectivity index (χ1v) is 11.3. The van der Waals surface area contributed by atoms with Gasteiger partial charge >= 0.3 is 0 Å². The molecule has 2 aromatic carbocycles. The molecule has 1 aliphatic heterocycles. The molecule has 6 nitrogen and oxygen atoms in total. The Kier molecular flexibility index (Phi) is 9.00. The maximum Gasteiger partial charge on any atom is 0.262 e. The van der Waals surface area contributed by atoms with Crippen LogP contribution in [0.2, 0.25) is 5.02 Å². The smallest absolute Gasteiger partial charge is 0.262 e. The lowest BCUT2D eigenvalue weighted by Gasteiger charge is -2.23. The second kappa shape index (κ2) is 11.9. The van der Waals surface area contributed by atoms with E-state index in [-0.39, 0.29) is 12.5 Å². The number of piperidine rings is 1. The van der Waals surface area contributed by atoms with Crippen molar-refractivity contribution in [3.8, 4) is 11.5 Å². The van der Waals surface area contributed by atoms with Crippen molar-refractivity contribution in [3.05, 3.63) is 52.5 Å². The molecule has 2 aromatic rings. The second-order valence-electron chi connectivity index (χ2n) is 7.87. The first-order valence-electron chi connectivity index (χ1n) is 10.9. The summed E-state index contributed by atoms with van der Waals surface area (Å²) in [7, 11) is 0. The minimum atomic E-state index is -0.255. The first-order chi connectivity index (χ1) is 15.0. The largest absolute Gasteiger partial charge is 0.490 e. The number of carbonyl (C=O) groups is 1. The Morgan fingerprint density at radius 2 is 1.90 bits per heavy atom. The molecule has 0 atom stereocenters. The molecule has 0 aromatic heterocycles. The average Bonchev–Trinajstić information content (AvgIpc) is 2.76. The van der Waals surface area contributed by atoms with Gasteiger partial charge in [-0.15, -0.1) is 0 Å². The molecule has 7 heteroatoms. The molecule has 0 aliphatic carbocycles. The lowest BCUT2D eigenvalue weighted by molar-refractivity contribution is -0.118. The Bertz CT molecular complexity index is 852. The summed E-state index contributed by atoms with van der Waals surface area (Å²) in [6.45, 7) is 8.11. The SMILES string of the molecule is CCOc1cc(CNCC2CCNCC2)cc(Cl)c1OCC(=O)Nc1ccc(C)cc1. The fourth-order valence-electron chi connectivity index (χ4n) is 3.60. The molecule has 0 spiro atoms. The van der Waals surface area contributed by atoms with Crippen LogP contribution in [0.1, 0.15) is 30.9 Å². The maximum absolute atomic E-state index is 12.3. The van der Waals surface area contributed by atoms with E-state index in [9.17, 15) is 4.79 Å². The van der Waals surface area contributed by atoms with Crippen molar-refractivity contribution in [2.45, 2.75) is 33.2 Å². The number of hydrogen-bond acceptors (Lipinski definition) is 5. The van der Waals surface area contributed by atoms with E-state index in [0.29, 0.717) is 35.6 Å². The van der Waals surface area contributed by atoms with E-state index >= 15 is 0 Å². The second-order valence-corrected chi connectivity index (χ2v) is 8.27. The lowest BCUT2D eigenvalue weighted by Crippen LogP contribution is -2.33. The van der Waals surface area contributed by atoms with E-state index in [4.69, 9.17) is 21.1 Å². The van der Waals surface area contributed by atoms with Crippen LogP contribution in [-0.2, 0) is 11.3 Å². The van der Waals surface area contributed by atoms with Crippen LogP contribution in [0.4, 0.5) is 5.69 Å². The van der Waals surface area contributed by atoms with Gasteiger partial charge in [0.05, 0.1) is 11.6 Å². The van der Waals surface area contributed by atoms with E-state index in [1.165, 1.54) is 12.8 Å². The van der Waals surface area contributed by atoms with Gasteiger partial charge in [0.15, 0.2) is 18.1 Å². The highest BCUT2D eigenvalue weighted by Gasteiger charge is 2.16.